The van der Waals surface area contributed by atoms with Gasteiger partial charge in [-0.3, -0.25) is 0 Å². The van der Waals surface area contributed by atoms with Crippen LogP contribution in [-0.2, 0) is 11.1 Å². The molecular weight excluding hydrogens is 160 g/mol. The van der Waals surface area contributed by atoms with Crippen LogP contribution in [0.15, 0.2) is 23.1 Å². The quantitative estimate of drug-likeness (QED) is 0.653. The third-order valence-corrected chi connectivity index (χ3v) is 2.58. The van der Waals surface area contributed by atoms with E-state index >= 15 is 0 Å². The fourth-order valence-electron chi connectivity index (χ4n) is 1.07. The van der Waals surface area contributed by atoms with Crippen molar-refractivity contribution in [1.82, 2.24) is 0 Å². The van der Waals surface area contributed by atoms with Crippen LogP contribution in [0.2, 0.25) is 0 Å². The summed E-state index contributed by atoms with van der Waals surface area (Å²) in [6, 6.07) is 5.54. The Morgan fingerprint density at radius 2 is 1.73 bits per heavy atom. The fraction of sp³-hybridized carbons (Fsp3) is 0.250. The van der Waals surface area contributed by atoms with Crippen LogP contribution in [-0.4, -0.2) is 8.76 Å². The van der Waals surface area contributed by atoms with Gasteiger partial charge in [0.1, 0.15) is 0 Å². The Labute approximate surface area is 68.5 Å². The average Bonchev–Trinajstić information content (AvgIpc) is 1.85. The molecule has 0 radical (unpaired) electrons. The number of hydrogen-bond donors (Lipinski definition) is 1. The molecule has 1 aromatic rings. The van der Waals surface area contributed by atoms with Gasteiger partial charge in [-0.2, -0.15) is 0 Å². The van der Waals surface area contributed by atoms with Crippen LogP contribution in [0.25, 0.3) is 0 Å². The molecule has 1 N–H and O–H groups in total. The fourth-order valence-corrected chi connectivity index (χ4v) is 1.76. The highest BCUT2D eigenvalue weighted by Gasteiger charge is 2.06. The molecule has 3 heteroatoms. The molecule has 0 bridgehead atoms. The molecule has 60 valence electrons. The maximum absolute atomic E-state index is 10.8. The first-order valence-corrected chi connectivity index (χ1v) is 4.40. The Kier molecular flexibility index (Phi) is 2.42. The summed E-state index contributed by atoms with van der Waals surface area (Å²) in [7, 11) is 0. The van der Waals surface area contributed by atoms with Crippen LogP contribution in [0.4, 0.5) is 0 Å². The van der Waals surface area contributed by atoms with Crippen molar-refractivity contribution < 1.29 is 8.76 Å². The smallest absolute Gasteiger partial charge is 0.187 e. The van der Waals surface area contributed by atoms with Gasteiger partial charge in [0.15, 0.2) is 11.1 Å². The molecule has 1 unspecified atom stereocenters. The summed E-state index contributed by atoms with van der Waals surface area (Å²) in [6.07, 6.45) is 0. The Bertz CT molecular complexity index is 274. The van der Waals surface area contributed by atoms with Crippen molar-refractivity contribution in [2.75, 3.05) is 0 Å². The van der Waals surface area contributed by atoms with Crippen molar-refractivity contribution in [3.8, 4) is 0 Å². The second-order valence-electron chi connectivity index (χ2n) is 2.47. The molecule has 1 rings (SSSR count). The number of benzene rings is 1. The van der Waals surface area contributed by atoms with Crippen LogP contribution < -0.4 is 0 Å². The molecule has 11 heavy (non-hydrogen) atoms. The normalized spacial score (nSPS) is 13.0. The molecule has 0 saturated carbocycles. The van der Waals surface area contributed by atoms with E-state index in [4.69, 9.17) is 4.55 Å². The van der Waals surface area contributed by atoms with Crippen molar-refractivity contribution in [2.45, 2.75) is 18.7 Å². The van der Waals surface area contributed by atoms with Crippen LogP contribution in [0, 0.1) is 13.8 Å². The molecule has 0 saturated heterocycles. The zero-order valence-corrected chi connectivity index (χ0v) is 7.31. The van der Waals surface area contributed by atoms with Crippen molar-refractivity contribution in [3.05, 3.63) is 29.3 Å². The van der Waals surface area contributed by atoms with Crippen LogP contribution in [0.1, 0.15) is 11.1 Å². The van der Waals surface area contributed by atoms with Crippen LogP contribution in [0.3, 0.4) is 0 Å². The Balaban J connectivity index is 3.32. The first kappa shape index (κ1) is 8.43. The van der Waals surface area contributed by atoms with Gasteiger partial charge in [0, 0.05) is 0 Å². The minimum Gasteiger partial charge on any atom is -0.302 e. The van der Waals surface area contributed by atoms with E-state index in [0.717, 1.165) is 11.1 Å². The second-order valence-corrected chi connectivity index (χ2v) is 3.38. The minimum atomic E-state index is -1.85. The van der Waals surface area contributed by atoms with Gasteiger partial charge in [-0.05, 0) is 25.0 Å². The molecule has 0 fully saturated rings. The summed E-state index contributed by atoms with van der Waals surface area (Å²) in [5.74, 6) is 0. The van der Waals surface area contributed by atoms with Crippen LogP contribution in [0.5, 0.6) is 0 Å². The van der Waals surface area contributed by atoms with E-state index < -0.39 is 11.1 Å². The van der Waals surface area contributed by atoms with E-state index in [1.54, 1.807) is 0 Å². The lowest BCUT2D eigenvalue weighted by molar-refractivity contribution is 0.563. The van der Waals surface area contributed by atoms with Gasteiger partial charge < -0.3 is 4.55 Å². The molecule has 0 aromatic heterocycles. The third kappa shape index (κ3) is 1.67. The van der Waals surface area contributed by atoms with E-state index in [2.05, 4.69) is 0 Å². The molecule has 1 atom stereocenters. The standard InChI is InChI=1S/C8H10O2S/c1-6-4-3-5-7(2)8(6)11(9)10/h3-5H,1-2H3,(H,9,10). The summed E-state index contributed by atoms with van der Waals surface area (Å²) >= 11 is -1.85. The molecule has 0 aliphatic rings. The highest BCUT2D eigenvalue weighted by atomic mass is 32.2. The Morgan fingerprint density at radius 1 is 1.27 bits per heavy atom. The van der Waals surface area contributed by atoms with E-state index in [0.29, 0.717) is 4.90 Å². The van der Waals surface area contributed by atoms with E-state index in [9.17, 15) is 4.21 Å². The molecule has 0 amide bonds. The summed E-state index contributed by atoms with van der Waals surface area (Å²) in [4.78, 5) is 0.535. The van der Waals surface area contributed by atoms with Crippen molar-refractivity contribution >= 4 is 11.1 Å². The average molecular weight is 170 g/mol. The highest BCUT2D eigenvalue weighted by molar-refractivity contribution is 7.79. The Hall–Kier alpha value is -0.670. The summed E-state index contributed by atoms with van der Waals surface area (Å²) in [5, 5.41) is 0. The second kappa shape index (κ2) is 3.15. The number of rotatable bonds is 1. The third-order valence-electron chi connectivity index (χ3n) is 1.58. The number of hydrogen-bond acceptors (Lipinski definition) is 1. The topological polar surface area (TPSA) is 37.3 Å². The minimum absolute atomic E-state index is 0.535. The van der Waals surface area contributed by atoms with E-state index in [1.807, 2.05) is 32.0 Å². The van der Waals surface area contributed by atoms with Gasteiger partial charge in [0.2, 0.25) is 0 Å². The van der Waals surface area contributed by atoms with Gasteiger partial charge in [0.25, 0.3) is 0 Å². The van der Waals surface area contributed by atoms with Crippen molar-refractivity contribution in [2.24, 2.45) is 0 Å². The number of aryl methyl sites for hydroxylation is 2. The van der Waals surface area contributed by atoms with Crippen molar-refractivity contribution in [1.29, 1.82) is 0 Å². The largest absolute Gasteiger partial charge is 0.302 e. The Morgan fingerprint density at radius 3 is 2.00 bits per heavy atom. The first-order chi connectivity index (χ1) is 5.13. The monoisotopic (exact) mass is 170 g/mol. The lowest BCUT2D eigenvalue weighted by Gasteiger charge is -2.03. The van der Waals surface area contributed by atoms with Gasteiger partial charge in [-0.15, -0.1) is 0 Å². The predicted octanol–water partition coefficient (Wildman–Crippen LogP) is 1.88. The summed E-state index contributed by atoms with van der Waals surface area (Å²) < 4.78 is 19.6. The van der Waals surface area contributed by atoms with Gasteiger partial charge in [0.05, 0.1) is 4.90 Å². The zero-order valence-electron chi connectivity index (χ0n) is 6.50. The first-order valence-electron chi connectivity index (χ1n) is 3.30. The van der Waals surface area contributed by atoms with E-state index in [-0.39, 0.29) is 0 Å². The molecule has 0 aliphatic carbocycles. The lowest BCUT2D eigenvalue weighted by Crippen LogP contribution is -1.95. The SMILES string of the molecule is Cc1cccc(C)c1S(=O)O. The van der Waals surface area contributed by atoms with Gasteiger partial charge >= 0.3 is 0 Å². The molecule has 0 aliphatic heterocycles. The van der Waals surface area contributed by atoms with Gasteiger partial charge in [-0.25, -0.2) is 4.21 Å². The van der Waals surface area contributed by atoms with Gasteiger partial charge in [-0.1, -0.05) is 18.2 Å². The molecule has 0 heterocycles. The maximum Gasteiger partial charge on any atom is 0.187 e. The molecule has 2 nitrogen and oxygen atoms in total. The zero-order chi connectivity index (χ0) is 8.43. The molecular formula is C8H10O2S. The van der Waals surface area contributed by atoms with E-state index in [1.165, 1.54) is 0 Å². The molecule has 1 aromatic carbocycles. The summed E-state index contributed by atoms with van der Waals surface area (Å²) in [5.41, 5.74) is 1.73. The lowest BCUT2D eigenvalue weighted by atomic mass is 10.2. The highest BCUT2D eigenvalue weighted by Crippen LogP contribution is 2.15. The maximum atomic E-state index is 10.8. The summed E-state index contributed by atoms with van der Waals surface area (Å²) in [6.45, 7) is 3.66. The van der Waals surface area contributed by atoms with Crippen LogP contribution >= 0.6 is 0 Å². The van der Waals surface area contributed by atoms with Crippen molar-refractivity contribution in [3.63, 3.8) is 0 Å². The molecule has 0 spiro atoms. The predicted molar refractivity (Wildman–Crippen MR) is 45.0 cm³/mol.